The Morgan fingerprint density at radius 3 is 2.56 bits per heavy atom. The van der Waals surface area contributed by atoms with Crippen LogP contribution in [0.15, 0.2) is 6.07 Å². The van der Waals surface area contributed by atoms with Gasteiger partial charge in [-0.2, -0.15) is 5.10 Å². The van der Waals surface area contributed by atoms with Crippen LogP contribution in [0, 0.1) is 5.92 Å². The molecule has 2 N–H and O–H groups in total. The molecule has 1 aliphatic carbocycles. The van der Waals surface area contributed by atoms with E-state index < -0.39 is 5.97 Å². The number of nitrogens with zero attached hydrogens (tertiary/aromatic N) is 3. The van der Waals surface area contributed by atoms with E-state index in [-0.39, 0.29) is 23.7 Å². The van der Waals surface area contributed by atoms with Gasteiger partial charge in [-0.3, -0.25) is 5.10 Å². The number of carbonyl (C=O) groups excluding carboxylic acids is 1. The van der Waals surface area contributed by atoms with Gasteiger partial charge in [0.05, 0.1) is 12.7 Å². The summed E-state index contributed by atoms with van der Waals surface area (Å²) in [7, 11) is 0. The molecule has 1 aromatic heterocycles. The molecule has 2 aliphatic heterocycles. The summed E-state index contributed by atoms with van der Waals surface area (Å²) in [5.41, 5.74) is 0.901. The van der Waals surface area contributed by atoms with Crippen molar-refractivity contribution in [1.29, 1.82) is 0 Å². The Morgan fingerprint density at radius 2 is 1.92 bits per heavy atom. The molecule has 0 bridgehead atoms. The zero-order valence-electron chi connectivity index (χ0n) is 14.2. The van der Waals surface area contributed by atoms with Crippen molar-refractivity contribution in [3.05, 3.63) is 17.5 Å². The van der Waals surface area contributed by atoms with Crippen molar-refractivity contribution in [3.63, 3.8) is 0 Å². The predicted octanol–water partition coefficient (Wildman–Crippen LogP) is 1.52. The molecule has 0 spiro atoms. The number of aromatic carboxylic acids is 1. The standard InChI is InChI=1S/C17H24N4O4/c22-16(23)14-9-13(18-19-14)11-3-5-20(6-4-11)17(24)21-7-8-25-15(10-21)12-1-2-12/h9,11-12,15H,1-8,10H2,(H,18,19)(H,22,23). The van der Waals surface area contributed by atoms with Gasteiger partial charge < -0.3 is 19.6 Å². The number of aromatic nitrogens is 2. The maximum absolute atomic E-state index is 12.8. The van der Waals surface area contributed by atoms with Crippen LogP contribution in [0.1, 0.15) is 47.8 Å². The monoisotopic (exact) mass is 348 g/mol. The second-order valence-corrected chi connectivity index (χ2v) is 7.25. The molecule has 3 heterocycles. The Bertz CT molecular complexity index is 649. The van der Waals surface area contributed by atoms with Crippen LogP contribution in [0.4, 0.5) is 4.79 Å². The van der Waals surface area contributed by atoms with Gasteiger partial charge in [-0.15, -0.1) is 0 Å². The summed E-state index contributed by atoms with van der Waals surface area (Å²) in [6.07, 6.45) is 4.31. The van der Waals surface area contributed by atoms with E-state index in [9.17, 15) is 9.59 Å². The third-order valence-corrected chi connectivity index (χ3v) is 5.53. The molecule has 8 nitrogen and oxygen atoms in total. The Labute approximate surface area is 146 Å². The first-order valence-electron chi connectivity index (χ1n) is 9.06. The molecule has 3 aliphatic rings. The Hall–Kier alpha value is -2.09. The summed E-state index contributed by atoms with van der Waals surface area (Å²) in [6, 6.07) is 1.72. The van der Waals surface area contributed by atoms with Crippen molar-refractivity contribution in [1.82, 2.24) is 20.0 Å². The number of rotatable bonds is 3. The number of H-pyrrole nitrogens is 1. The highest BCUT2D eigenvalue weighted by atomic mass is 16.5. The maximum Gasteiger partial charge on any atom is 0.356 e. The second-order valence-electron chi connectivity index (χ2n) is 7.25. The van der Waals surface area contributed by atoms with Crippen LogP contribution in [0.5, 0.6) is 0 Å². The van der Waals surface area contributed by atoms with E-state index in [0.717, 1.165) is 18.5 Å². The number of aromatic amines is 1. The number of hydrogen-bond donors (Lipinski definition) is 2. The molecular weight excluding hydrogens is 324 g/mol. The van der Waals surface area contributed by atoms with Crippen molar-refractivity contribution in [3.8, 4) is 0 Å². The number of ether oxygens (including phenoxy) is 1. The van der Waals surface area contributed by atoms with Gasteiger partial charge in [0.25, 0.3) is 0 Å². The fourth-order valence-corrected chi connectivity index (χ4v) is 3.84. The van der Waals surface area contributed by atoms with Crippen molar-refractivity contribution in [2.75, 3.05) is 32.8 Å². The molecule has 25 heavy (non-hydrogen) atoms. The van der Waals surface area contributed by atoms with Crippen molar-refractivity contribution in [2.45, 2.75) is 37.7 Å². The summed E-state index contributed by atoms with van der Waals surface area (Å²) in [5, 5.41) is 15.6. The van der Waals surface area contributed by atoms with Gasteiger partial charge in [-0.25, -0.2) is 9.59 Å². The molecule has 0 radical (unpaired) electrons. The van der Waals surface area contributed by atoms with Crippen molar-refractivity contribution < 1.29 is 19.4 Å². The largest absolute Gasteiger partial charge is 0.476 e. The molecule has 2 amide bonds. The van der Waals surface area contributed by atoms with E-state index in [2.05, 4.69) is 10.2 Å². The zero-order chi connectivity index (χ0) is 17.4. The number of amides is 2. The molecule has 1 saturated carbocycles. The zero-order valence-corrected chi connectivity index (χ0v) is 14.2. The minimum absolute atomic E-state index is 0.0490. The first kappa shape index (κ1) is 16.4. The minimum atomic E-state index is -1.02. The summed E-state index contributed by atoms with van der Waals surface area (Å²) >= 11 is 0. The number of carboxylic acids is 1. The predicted molar refractivity (Wildman–Crippen MR) is 88.5 cm³/mol. The number of carbonyl (C=O) groups is 2. The molecule has 0 aromatic carbocycles. The van der Waals surface area contributed by atoms with Crippen molar-refractivity contribution >= 4 is 12.0 Å². The van der Waals surface area contributed by atoms with Crippen LogP contribution in [0.2, 0.25) is 0 Å². The van der Waals surface area contributed by atoms with E-state index in [1.54, 1.807) is 6.07 Å². The van der Waals surface area contributed by atoms with Gasteiger partial charge in [-0.1, -0.05) is 0 Å². The molecule has 1 aromatic rings. The van der Waals surface area contributed by atoms with Gasteiger partial charge in [0, 0.05) is 37.8 Å². The third kappa shape index (κ3) is 3.49. The summed E-state index contributed by atoms with van der Waals surface area (Å²) in [6.45, 7) is 3.40. The van der Waals surface area contributed by atoms with Gasteiger partial charge in [-0.05, 0) is 37.7 Å². The number of urea groups is 1. The molecule has 4 rings (SSSR count). The van der Waals surface area contributed by atoms with Crippen LogP contribution >= 0.6 is 0 Å². The average molecular weight is 348 g/mol. The van der Waals surface area contributed by atoms with Crippen LogP contribution in [-0.2, 0) is 4.74 Å². The highest BCUT2D eigenvalue weighted by Crippen LogP contribution is 2.36. The minimum Gasteiger partial charge on any atom is -0.476 e. The quantitative estimate of drug-likeness (QED) is 0.863. The van der Waals surface area contributed by atoms with Crippen LogP contribution < -0.4 is 0 Å². The Balaban J connectivity index is 1.31. The number of likely N-dealkylation sites (tertiary alicyclic amines) is 1. The number of carboxylic acid groups (broad SMARTS) is 1. The maximum atomic E-state index is 12.8. The topological polar surface area (TPSA) is 98.8 Å². The lowest BCUT2D eigenvalue weighted by molar-refractivity contribution is -0.0305. The molecular formula is C17H24N4O4. The Morgan fingerprint density at radius 1 is 1.16 bits per heavy atom. The number of piperidine rings is 1. The van der Waals surface area contributed by atoms with Crippen LogP contribution in [-0.4, -0.2) is 76.0 Å². The van der Waals surface area contributed by atoms with E-state index in [1.807, 2.05) is 9.80 Å². The molecule has 136 valence electrons. The molecule has 1 unspecified atom stereocenters. The average Bonchev–Trinajstić information content (AvgIpc) is 3.37. The molecule has 1 atom stereocenters. The lowest BCUT2D eigenvalue weighted by atomic mass is 9.93. The van der Waals surface area contributed by atoms with E-state index >= 15 is 0 Å². The Kier molecular flexibility index (Phi) is 4.37. The van der Waals surface area contributed by atoms with Crippen LogP contribution in [0.3, 0.4) is 0 Å². The number of hydrogen-bond acceptors (Lipinski definition) is 4. The molecule has 8 heteroatoms. The lowest BCUT2D eigenvalue weighted by Crippen LogP contribution is -2.53. The van der Waals surface area contributed by atoms with E-state index in [0.29, 0.717) is 38.7 Å². The smallest absolute Gasteiger partial charge is 0.356 e. The van der Waals surface area contributed by atoms with Gasteiger partial charge in [0.15, 0.2) is 5.69 Å². The molecule has 2 saturated heterocycles. The molecule has 3 fully saturated rings. The fraction of sp³-hybridized carbons (Fsp3) is 0.706. The SMILES string of the molecule is O=C(O)c1cc(C2CCN(C(=O)N3CCOC(C4CC4)C3)CC2)[nH]n1. The fourth-order valence-electron chi connectivity index (χ4n) is 3.84. The number of morpholine rings is 1. The normalized spacial score (nSPS) is 25.2. The lowest BCUT2D eigenvalue weighted by Gasteiger charge is -2.39. The first-order valence-corrected chi connectivity index (χ1v) is 9.06. The summed E-state index contributed by atoms with van der Waals surface area (Å²) < 4.78 is 5.79. The van der Waals surface area contributed by atoms with Crippen LogP contribution in [0.25, 0.3) is 0 Å². The van der Waals surface area contributed by atoms with Crippen molar-refractivity contribution in [2.24, 2.45) is 5.92 Å². The first-order chi connectivity index (χ1) is 12.1. The number of nitrogens with one attached hydrogen (secondary N) is 1. The van der Waals surface area contributed by atoms with E-state index in [4.69, 9.17) is 9.84 Å². The van der Waals surface area contributed by atoms with E-state index in [1.165, 1.54) is 12.8 Å². The van der Waals surface area contributed by atoms with Gasteiger partial charge in [0.1, 0.15) is 0 Å². The van der Waals surface area contributed by atoms with Gasteiger partial charge >= 0.3 is 12.0 Å². The highest BCUT2D eigenvalue weighted by molar-refractivity contribution is 5.85. The third-order valence-electron chi connectivity index (χ3n) is 5.53. The van der Waals surface area contributed by atoms with Gasteiger partial charge in [0.2, 0.25) is 0 Å². The second kappa shape index (κ2) is 6.67. The highest BCUT2D eigenvalue weighted by Gasteiger charge is 2.38. The summed E-state index contributed by atoms with van der Waals surface area (Å²) in [4.78, 5) is 27.6. The summed E-state index contributed by atoms with van der Waals surface area (Å²) in [5.74, 6) is -0.147.